The summed E-state index contributed by atoms with van der Waals surface area (Å²) in [6, 6.07) is 3.42. The summed E-state index contributed by atoms with van der Waals surface area (Å²) in [5.74, 6) is 1.15. The van der Waals surface area contributed by atoms with Crippen molar-refractivity contribution in [3.8, 4) is 11.9 Å². The number of hydrogen-bond acceptors (Lipinski definition) is 8. The molecule has 1 fully saturated rings. The molecule has 3 heterocycles. The van der Waals surface area contributed by atoms with E-state index in [0.717, 1.165) is 25.9 Å². The highest BCUT2D eigenvalue weighted by atomic mass is 16.5. The molecule has 0 radical (unpaired) electrons. The van der Waals surface area contributed by atoms with Crippen molar-refractivity contribution in [3.63, 3.8) is 0 Å². The highest BCUT2D eigenvalue weighted by Gasteiger charge is 2.18. The predicted molar refractivity (Wildman–Crippen MR) is 89.8 cm³/mol. The van der Waals surface area contributed by atoms with Gasteiger partial charge in [-0.1, -0.05) is 0 Å². The molecule has 9 heteroatoms. The minimum absolute atomic E-state index is 0.170. The predicted octanol–water partition coefficient (Wildman–Crippen LogP) is 0.814. The summed E-state index contributed by atoms with van der Waals surface area (Å²) in [4.78, 5) is 31.3. The zero-order valence-electron chi connectivity index (χ0n) is 14.2. The summed E-state index contributed by atoms with van der Waals surface area (Å²) in [5, 5.41) is 2.79. The molecule has 2 aromatic heterocycles. The number of nitrogens with one attached hydrogen (secondary N) is 1. The number of amides is 1. The molecule has 0 unspecified atom stereocenters. The van der Waals surface area contributed by atoms with Gasteiger partial charge < -0.3 is 19.7 Å². The second kappa shape index (κ2) is 7.73. The van der Waals surface area contributed by atoms with Gasteiger partial charge in [-0.3, -0.25) is 4.79 Å². The van der Waals surface area contributed by atoms with Crippen LogP contribution in [-0.4, -0.2) is 53.2 Å². The third kappa shape index (κ3) is 4.11. The van der Waals surface area contributed by atoms with Crippen molar-refractivity contribution in [2.45, 2.75) is 19.4 Å². The number of hydrogen-bond donors (Lipinski definition) is 1. The van der Waals surface area contributed by atoms with Gasteiger partial charge in [0, 0.05) is 30.9 Å². The number of anilines is 1. The molecule has 0 aliphatic carbocycles. The number of nitrogens with zero attached hydrogens (tertiary/aromatic N) is 5. The molecule has 1 aliphatic heterocycles. The Bertz CT molecular complexity index is 748. The molecule has 0 aromatic carbocycles. The maximum atomic E-state index is 12.3. The Labute approximate surface area is 145 Å². The topological polar surface area (TPSA) is 102 Å². The van der Waals surface area contributed by atoms with E-state index < -0.39 is 0 Å². The number of pyridine rings is 1. The fraction of sp³-hybridized carbons (Fsp3) is 0.438. The number of methoxy groups -OCH3 is 2. The number of aromatic nitrogens is 4. The monoisotopic (exact) mass is 344 g/mol. The van der Waals surface area contributed by atoms with Gasteiger partial charge in [0.15, 0.2) is 5.82 Å². The minimum Gasteiger partial charge on any atom is -0.481 e. The van der Waals surface area contributed by atoms with Crippen LogP contribution in [-0.2, 0) is 6.54 Å². The van der Waals surface area contributed by atoms with Crippen LogP contribution >= 0.6 is 0 Å². The number of carbonyl (C=O) groups excluding carboxylic acids is 1. The Morgan fingerprint density at radius 1 is 1.20 bits per heavy atom. The van der Waals surface area contributed by atoms with Crippen LogP contribution in [0.3, 0.4) is 0 Å². The van der Waals surface area contributed by atoms with Crippen LogP contribution in [0, 0.1) is 0 Å². The first-order valence-electron chi connectivity index (χ1n) is 8.01. The normalized spacial score (nSPS) is 13.6. The number of ether oxygens (including phenoxy) is 2. The molecule has 1 saturated heterocycles. The van der Waals surface area contributed by atoms with Crippen LogP contribution in [0.5, 0.6) is 11.9 Å². The van der Waals surface area contributed by atoms with Gasteiger partial charge >= 0.3 is 6.01 Å². The molecular formula is C16H20N6O3. The van der Waals surface area contributed by atoms with Gasteiger partial charge in [0.25, 0.3) is 5.91 Å². The fourth-order valence-electron chi connectivity index (χ4n) is 2.54. The number of rotatable bonds is 6. The molecule has 1 amide bonds. The SMILES string of the molecule is COc1cc(C(=O)NCc2nc(OC)nc(N3CCCC3)n2)ccn1. The third-order valence-electron chi connectivity index (χ3n) is 3.83. The summed E-state index contributed by atoms with van der Waals surface area (Å²) >= 11 is 0. The molecule has 0 saturated carbocycles. The van der Waals surface area contributed by atoms with E-state index in [4.69, 9.17) is 9.47 Å². The zero-order valence-corrected chi connectivity index (χ0v) is 14.2. The molecule has 132 valence electrons. The Hall–Kier alpha value is -2.97. The molecule has 1 N–H and O–H groups in total. The number of carbonyl (C=O) groups is 1. The lowest BCUT2D eigenvalue weighted by atomic mass is 10.2. The maximum Gasteiger partial charge on any atom is 0.321 e. The van der Waals surface area contributed by atoms with Crippen molar-refractivity contribution in [2.75, 3.05) is 32.2 Å². The first-order chi connectivity index (χ1) is 12.2. The van der Waals surface area contributed by atoms with Gasteiger partial charge in [-0.25, -0.2) is 4.98 Å². The smallest absolute Gasteiger partial charge is 0.321 e. The molecule has 1 aliphatic rings. The highest BCUT2D eigenvalue weighted by Crippen LogP contribution is 2.17. The first-order valence-corrected chi connectivity index (χ1v) is 8.01. The van der Waals surface area contributed by atoms with Gasteiger partial charge in [-0.05, 0) is 18.9 Å². The Morgan fingerprint density at radius 3 is 2.72 bits per heavy atom. The summed E-state index contributed by atoms with van der Waals surface area (Å²) in [6.45, 7) is 1.99. The van der Waals surface area contributed by atoms with Crippen molar-refractivity contribution >= 4 is 11.9 Å². The van der Waals surface area contributed by atoms with Crippen LogP contribution in [0.15, 0.2) is 18.3 Å². The zero-order chi connectivity index (χ0) is 17.6. The van der Waals surface area contributed by atoms with Crippen LogP contribution in [0.2, 0.25) is 0 Å². The van der Waals surface area contributed by atoms with Gasteiger partial charge in [-0.15, -0.1) is 0 Å². The molecular weight excluding hydrogens is 324 g/mol. The molecule has 25 heavy (non-hydrogen) atoms. The van der Waals surface area contributed by atoms with Gasteiger partial charge in [-0.2, -0.15) is 15.0 Å². The van der Waals surface area contributed by atoms with Crippen LogP contribution in [0.4, 0.5) is 5.95 Å². The van der Waals surface area contributed by atoms with Crippen molar-refractivity contribution < 1.29 is 14.3 Å². The van der Waals surface area contributed by atoms with Crippen LogP contribution in [0.1, 0.15) is 29.0 Å². The quantitative estimate of drug-likeness (QED) is 0.821. The average Bonchev–Trinajstić information content (AvgIpc) is 3.20. The van der Waals surface area contributed by atoms with E-state index in [1.165, 1.54) is 20.4 Å². The molecule has 9 nitrogen and oxygen atoms in total. The van der Waals surface area contributed by atoms with E-state index in [-0.39, 0.29) is 18.5 Å². The van der Waals surface area contributed by atoms with E-state index in [0.29, 0.717) is 23.2 Å². The summed E-state index contributed by atoms with van der Waals surface area (Å²) in [5.41, 5.74) is 0.452. The Kier molecular flexibility index (Phi) is 5.22. The first kappa shape index (κ1) is 16.9. The minimum atomic E-state index is -0.261. The lowest BCUT2D eigenvalue weighted by Gasteiger charge is -2.16. The molecule has 0 atom stereocenters. The molecule has 2 aromatic rings. The lowest BCUT2D eigenvalue weighted by Crippen LogP contribution is -2.26. The third-order valence-corrected chi connectivity index (χ3v) is 3.83. The van der Waals surface area contributed by atoms with Crippen molar-refractivity contribution in [1.29, 1.82) is 0 Å². The highest BCUT2D eigenvalue weighted by molar-refractivity contribution is 5.94. The van der Waals surface area contributed by atoms with Crippen LogP contribution in [0.25, 0.3) is 0 Å². The fourth-order valence-corrected chi connectivity index (χ4v) is 2.54. The van der Waals surface area contributed by atoms with Crippen LogP contribution < -0.4 is 19.7 Å². The van der Waals surface area contributed by atoms with Crippen molar-refractivity contribution in [3.05, 3.63) is 29.7 Å². The van der Waals surface area contributed by atoms with Gasteiger partial charge in [0.2, 0.25) is 11.8 Å². The van der Waals surface area contributed by atoms with Crippen molar-refractivity contribution in [2.24, 2.45) is 0 Å². The molecule has 3 rings (SSSR count). The van der Waals surface area contributed by atoms with E-state index >= 15 is 0 Å². The molecule has 0 bridgehead atoms. The van der Waals surface area contributed by atoms with Gasteiger partial charge in [0.1, 0.15) is 0 Å². The van der Waals surface area contributed by atoms with E-state index in [1.807, 2.05) is 0 Å². The largest absolute Gasteiger partial charge is 0.481 e. The standard InChI is InChI=1S/C16H20N6O3/c1-24-13-9-11(5-6-17-13)14(23)18-10-12-19-15(21-16(20-12)25-2)22-7-3-4-8-22/h5-6,9H,3-4,7-8,10H2,1-2H3,(H,18,23). The summed E-state index contributed by atoms with van der Waals surface area (Å²) in [6.07, 6.45) is 3.75. The Balaban J connectivity index is 1.71. The second-order valence-electron chi connectivity index (χ2n) is 5.50. The van der Waals surface area contributed by atoms with E-state index in [1.54, 1.807) is 12.1 Å². The summed E-state index contributed by atoms with van der Waals surface area (Å²) < 4.78 is 10.2. The average molecular weight is 344 g/mol. The molecule has 0 spiro atoms. The second-order valence-corrected chi connectivity index (χ2v) is 5.50. The van der Waals surface area contributed by atoms with Crippen molar-refractivity contribution in [1.82, 2.24) is 25.3 Å². The van der Waals surface area contributed by atoms with E-state index in [2.05, 4.69) is 30.2 Å². The van der Waals surface area contributed by atoms with E-state index in [9.17, 15) is 4.79 Å². The lowest BCUT2D eigenvalue weighted by molar-refractivity contribution is 0.0949. The maximum absolute atomic E-state index is 12.3. The van der Waals surface area contributed by atoms with Gasteiger partial charge in [0.05, 0.1) is 20.8 Å². The Morgan fingerprint density at radius 2 is 2.00 bits per heavy atom. The summed E-state index contributed by atoms with van der Waals surface area (Å²) in [7, 11) is 3.01.